The van der Waals surface area contributed by atoms with Gasteiger partial charge < -0.3 is 14.8 Å². The highest BCUT2D eigenvalue weighted by atomic mass is 16.5. The lowest BCUT2D eigenvalue weighted by Gasteiger charge is -2.21. The van der Waals surface area contributed by atoms with Crippen molar-refractivity contribution in [1.29, 1.82) is 0 Å². The standard InChI is InChI=1S/C15H31NO2/c1-2-3-11-17-12-9-16-10-13-18-14-15-7-5-4-6-8-15/h15-16H,2-14H2,1H3. The molecule has 1 fully saturated rings. The molecule has 0 aromatic heterocycles. The fourth-order valence-corrected chi connectivity index (χ4v) is 2.37. The summed E-state index contributed by atoms with van der Waals surface area (Å²) in [6.07, 6.45) is 9.36. The molecule has 0 bridgehead atoms. The lowest BCUT2D eigenvalue weighted by atomic mass is 9.90. The van der Waals surface area contributed by atoms with E-state index < -0.39 is 0 Å². The molecular formula is C15H31NO2. The molecule has 1 aliphatic rings. The zero-order valence-corrected chi connectivity index (χ0v) is 12.1. The van der Waals surface area contributed by atoms with E-state index in [2.05, 4.69) is 12.2 Å². The third kappa shape index (κ3) is 8.90. The zero-order valence-electron chi connectivity index (χ0n) is 12.1. The van der Waals surface area contributed by atoms with Gasteiger partial charge in [-0.15, -0.1) is 0 Å². The molecule has 1 saturated carbocycles. The Morgan fingerprint density at radius 1 is 0.944 bits per heavy atom. The first-order chi connectivity index (χ1) is 8.93. The molecule has 3 heteroatoms. The lowest BCUT2D eigenvalue weighted by Crippen LogP contribution is -2.25. The van der Waals surface area contributed by atoms with Gasteiger partial charge >= 0.3 is 0 Å². The van der Waals surface area contributed by atoms with Gasteiger partial charge in [0.1, 0.15) is 0 Å². The largest absolute Gasteiger partial charge is 0.380 e. The summed E-state index contributed by atoms with van der Waals surface area (Å²) in [6, 6.07) is 0. The molecule has 0 spiro atoms. The Bertz CT molecular complexity index is 170. The number of hydrogen-bond acceptors (Lipinski definition) is 3. The summed E-state index contributed by atoms with van der Waals surface area (Å²) in [7, 11) is 0. The summed E-state index contributed by atoms with van der Waals surface area (Å²) < 4.78 is 11.2. The minimum absolute atomic E-state index is 0.822. The lowest BCUT2D eigenvalue weighted by molar-refractivity contribution is 0.0842. The molecule has 108 valence electrons. The highest BCUT2D eigenvalue weighted by Gasteiger charge is 2.12. The maximum Gasteiger partial charge on any atom is 0.0591 e. The van der Waals surface area contributed by atoms with Crippen LogP contribution in [0, 0.1) is 5.92 Å². The van der Waals surface area contributed by atoms with Gasteiger partial charge in [0.25, 0.3) is 0 Å². The molecule has 1 N–H and O–H groups in total. The molecule has 0 heterocycles. The Balaban J connectivity index is 1.73. The van der Waals surface area contributed by atoms with Gasteiger partial charge in [0.2, 0.25) is 0 Å². The van der Waals surface area contributed by atoms with Crippen LogP contribution in [0.2, 0.25) is 0 Å². The summed E-state index contributed by atoms with van der Waals surface area (Å²) >= 11 is 0. The second-order valence-electron chi connectivity index (χ2n) is 5.29. The molecule has 1 aliphatic carbocycles. The summed E-state index contributed by atoms with van der Waals surface area (Å²) in [5, 5.41) is 3.35. The zero-order chi connectivity index (χ0) is 12.9. The maximum atomic E-state index is 5.71. The summed E-state index contributed by atoms with van der Waals surface area (Å²) in [4.78, 5) is 0. The first-order valence-corrected chi connectivity index (χ1v) is 7.79. The molecule has 0 unspecified atom stereocenters. The predicted molar refractivity (Wildman–Crippen MR) is 76.0 cm³/mol. The van der Waals surface area contributed by atoms with E-state index in [4.69, 9.17) is 9.47 Å². The smallest absolute Gasteiger partial charge is 0.0591 e. The van der Waals surface area contributed by atoms with Crippen molar-refractivity contribution in [3.05, 3.63) is 0 Å². The third-order valence-electron chi connectivity index (χ3n) is 3.57. The number of rotatable bonds is 11. The summed E-state index contributed by atoms with van der Waals surface area (Å²) in [5.41, 5.74) is 0. The first kappa shape index (κ1) is 15.9. The van der Waals surface area contributed by atoms with Crippen LogP contribution in [0.4, 0.5) is 0 Å². The molecular weight excluding hydrogens is 226 g/mol. The maximum absolute atomic E-state index is 5.71. The molecule has 0 aromatic carbocycles. The summed E-state index contributed by atoms with van der Waals surface area (Å²) in [5.74, 6) is 0.830. The normalized spacial score (nSPS) is 17.2. The first-order valence-electron chi connectivity index (χ1n) is 7.79. The summed E-state index contributed by atoms with van der Waals surface area (Å²) in [6.45, 7) is 7.60. The van der Waals surface area contributed by atoms with Gasteiger partial charge in [-0.25, -0.2) is 0 Å². The number of hydrogen-bond donors (Lipinski definition) is 1. The second-order valence-corrected chi connectivity index (χ2v) is 5.29. The molecule has 1 rings (SSSR count). The van der Waals surface area contributed by atoms with Crippen molar-refractivity contribution >= 4 is 0 Å². The van der Waals surface area contributed by atoms with E-state index in [0.717, 1.165) is 45.4 Å². The highest BCUT2D eigenvalue weighted by Crippen LogP contribution is 2.23. The molecule has 0 saturated heterocycles. The Hall–Kier alpha value is -0.120. The van der Waals surface area contributed by atoms with E-state index in [1.54, 1.807) is 0 Å². The van der Waals surface area contributed by atoms with Crippen molar-refractivity contribution in [3.8, 4) is 0 Å². The third-order valence-corrected chi connectivity index (χ3v) is 3.57. The molecule has 0 aliphatic heterocycles. The Morgan fingerprint density at radius 3 is 2.39 bits per heavy atom. The van der Waals surface area contributed by atoms with E-state index in [-0.39, 0.29) is 0 Å². The highest BCUT2D eigenvalue weighted by molar-refractivity contribution is 4.64. The van der Waals surface area contributed by atoms with Crippen LogP contribution in [0.5, 0.6) is 0 Å². The van der Waals surface area contributed by atoms with Gasteiger partial charge in [-0.3, -0.25) is 0 Å². The van der Waals surface area contributed by atoms with Crippen molar-refractivity contribution in [3.63, 3.8) is 0 Å². The Morgan fingerprint density at radius 2 is 1.67 bits per heavy atom. The predicted octanol–water partition coefficient (Wildman–Crippen LogP) is 2.99. The number of ether oxygens (including phenoxy) is 2. The molecule has 0 amide bonds. The minimum Gasteiger partial charge on any atom is -0.380 e. The quantitative estimate of drug-likeness (QED) is 0.577. The van der Waals surface area contributed by atoms with Gasteiger partial charge in [0.15, 0.2) is 0 Å². The SMILES string of the molecule is CCCCOCCNCCOCC1CCCCC1. The van der Waals surface area contributed by atoms with Crippen LogP contribution in [0.15, 0.2) is 0 Å². The van der Waals surface area contributed by atoms with E-state index in [1.165, 1.54) is 44.9 Å². The fourth-order valence-electron chi connectivity index (χ4n) is 2.37. The van der Waals surface area contributed by atoms with Gasteiger partial charge in [0, 0.05) is 26.3 Å². The van der Waals surface area contributed by atoms with Crippen molar-refractivity contribution in [2.75, 3.05) is 39.5 Å². The molecule has 0 radical (unpaired) electrons. The van der Waals surface area contributed by atoms with Crippen molar-refractivity contribution in [2.24, 2.45) is 5.92 Å². The van der Waals surface area contributed by atoms with Gasteiger partial charge in [0.05, 0.1) is 13.2 Å². The van der Waals surface area contributed by atoms with Crippen LogP contribution in [-0.4, -0.2) is 39.5 Å². The Kier molecular flexibility index (Phi) is 10.6. The monoisotopic (exact) mass is 257 g/mol. The average Bonchev–Trinajstić information content (AvgIpc) is 2.42. The van der Waals surface area contributed by atoms with Crippen LogP contribution in [-0.2, 0) is 9.47 Å². The number of unbranched alkanes of at least 4 members (excludes halogenated alkanes) is 1. The van der Waals surface area contributed by atoms with Crippen molar-refractivity contribution < 1.29 is 9.47 Å². The van der Waals surface area contributed by atoms with Crippen LogP contribution in [0.3, 0.4) is 0 Å². The molecule has 18 heavy (non-hydrogen) atoms. The van der Waals surface area contributed by atoms with Gasteiger partial charge in [-0.1, -0.05) is 32.6 Å². The van der Waals surface area contributed by atoms with E-state index in [9.17, 15) is 0 Å². The molecule has 3 nitrogen and oxygen atoms in total. The van der Waals surface area contributed by atoms with E-state index >= 15 is 0 Å². The molecule has 0 atom stereocenters. The van der Waals surface area contributed by atoms with Crippen molar-refractivity contribution in [2.45, 2.75) is 51.9 Å². The van der Waals surface area contributed by atoms with Gasteiger partial charge in [-0.05, 0) is 25.2 Å². The fraction of sp³-hybridized carbons (Fsp3) is 1.00. The minimum atomic E-state index is 0.822. The topological polar surface area (TPSA) is 30.5 Å². The van der Waals surface area contributed by atoms with E-state index in [0.29, 0.717) is 0 Å². The van der Waals surface area contributed by atoms with E-state index in [1.807, 2.05) is 0 Å². The van der Waals surface area contributed by atoms with Crippen LogP contribution in [0.25, 0.3) is 0 Å². The van der Waals surface area contributed by atoms with Crippen molar-refractivity contribution in [1.82, 2.24) is 5.32 Å². The second kappa shape index (κ2) is 11.9. The van der Waals surface area contributed by atoms with Crippen LogP contribution >= 0.6 is 0 Å². The molecule has 0 aromatic rings. The van der Waals surface area contributed by atoms with Crippen LogP contribution < -0.4 is 5.32 Å². The van der Waals surface area contributed by atoms with Crippen LogP contribution in [0.1, 0.15) is 51.9 Å². The average molecular weight is 257 g/mol. The Labute approximate surface area is 113 Å². The number of nitrogens with one attached hydrogen (secondary N) is 1. The van der Waals surface area contributed by atoms with Gasteiger partial charge in [-0.2, -0.15) is 0 Å².